The van der Waals surface area contributed by atoms with E-state index >= 15 is 0 Å². The first-order valence-electron chi connectivity index (χ1n) is 3.00. The maximum absolute atomic E-state index is 10.2. The lowest BCUT2D eigenvalue weighted by molar-refractivity contribution is -0.616. The number of hydrogen-bond donors (Lipinski definition) is 0. The van der Waals surface area contributed by atoms with E-state index in [0.29, 0.717) is 0 Å². The second-order valence-electron chi connectivity index (χ2n) is 2.01. The normalized spacial score (nSPS) is 13.5. The SMILES string of the molecule is O=[N+]([O-])C(=C1C=CC=C1)[N+](=O)[O-]. The summed E-state index contributed by atoms with van der Waals surface area (Å²) in [6.07, 6.45) is 5.65. The second-order valence-corrected chi connectivity index (χ2v) is 2.01. The van der Waals surface area contributed by atoms with Crippen LogP contribution in [0.15, 0.2) is 35.7 Å². The summed E-state index contributed by atoms with van der Waals surface area (Å²) in [5.74, 6) is -0.986. The van der Waals surface area contributed by atoms with Crippen molar-refractivity contribution in [3.8, 4) is 0 Å². The molecule has 0 fully saturated rings. The Morgan fingerprint density at radius 1 is 1.08 bits per heavy atom. The Hall–Kier alpha value is -1.98. The summed E-state index contributed by atoms with van der Waals surface area (Å²) >= 11 is 0. The Morgan fingerprint density at radius 2 is 1.50 bits per heavy atom. The molecule has 0 aromatic heterocycles. The van der Waals surface area contributed by atoms with Gasteiger partial charge in [-0.2, -0.15) is 0 Å². The summed E-state index contributed by atoms with van der Waals surface area (Å²) in [4.78, 5) is 18.3. The highest BCUT2D eigenvalue weighted by Gasteiger charge is 2.29. The van der Waals surface area contributed by atoms with Gasteiger partial charge >= 0.3 is 5.82 Å². The maximum atomic E-state index is 10.2. The summed E-state index contributed by atoms with van der Waals surface area (Å²) in [6.45, 7) is 0. The van der Waals surface area contributed by atoms with Crippen LogP contribution >= 0.6 is 0 Å². The quantitative estimate of drug-likeness (QED) is 0.452. The highest BCUT2D eigenvalue weighted by Crippen LogP contribution is 2.13. The van der Waals surface area contributed by atoms with E-state index in [0.717, 1.165) is 0 Å². The molecule has 0 unspecified atom stereocenters. The van der Waals surface area contributed by atoms with E-state index < -0.39 is 15.7 Å². The second kappa shape index (κ2) is 2.95. The van der Waals surface area contributed by atoms with E-state index in [9.17, 15) is 20.2 Å². The minimum atomic E-state index is -1.00. The van der Waals surface area contributed by atoms with Gasteiger partial charge in [0.15, 0.2) is 0 Å². The third kappa shape index (κ3) is 1.36. The molecule has 1 aliphatic carbocycles. The molecule has 1 rings (SSSR count). The van der Waals surface area contributed by atoms with Gasteiger partial charge in [0, 0.05) is 0 Å². The standard InChI is InChI=1S/C6H4N2O4/c9-7(10)6(8(11)12)5-3-1-2-4-5/h1-4H. The van der Waals surface area contributed by atoms with Gasteiger partial charge in [-0.15, -0.1) is 0 Å². The van der Waals surface area contributed by atoms with Crippen molar-refractivity contribution < 1.29 is 9.85 Å². The highest BCUT2D eigenvalue weighted by atomic mass is 16.7. The third-order valence-electron chi connectivity index (χ3n) is 1.27. The van der Waals surface area contributed by atoms with Crippen LogP contribution in [0.4, 0.5) is 0 Å². The van der Waals surface area contributed by atoms with Crippen LogP contribution in [0.3, 0.4) is 0 Å². The Kier molecular flexibility index (Phi) is 2.00. The minimum absolute atomic E-state index is 0.0185. The molecule has 62 valence electrons. The molecule has 0 atom stereocenters. The van der Waals surface area contributed by atoms with E-state index in [-0.39, 0.29) is 5.57 Å². The van der Waals surface area contributed by atoms with Gasteiger partial charge in [0.1, 0.15) is 15.4 Å². The van der Waals surface area contributed by atoms with Gasteiger partial charge in [-0.25, -0.2) is 0 Å². The number of nitro groups is 2. The van der Waals surface area contributed by atoms with E-state index in [4.69, 9.17) is 0 Å². The van der Waals surface area contributed by atoms with Crippen molar-refractivity contribution in [2.24, 2.45) is 0 Å². The number of rotatable bonds is 2. The molecule has 0 aromatic rings. The Bertz CT molecular complexity index is 296. The van der Waals surface area contributed by atoms with Crippen molar-refractivity contribution in [2.75, 3.05) is 0 Å². The van der Waals surface area contributed by atoms with Gasteiger partial charge in [0.2, 0.25) is 0 Å². The van der Waals surface area contributed by atoms with Gasteiger partial charge in [-0.3, -0.25) is 20.2 Å². The van der Waals surface area contributed by atoms with Crippen LogP contribution in [0.5, 0.6) is 0 Å². The molecular formula is C6H4N2O4. The van der Waals surface area contributed by atoms with E-state index in [1.807, 2.05) is 0 Å². The summed E-state index contributed by atoms with van der Waals surface area (Å²) in [6, 6.07) is 0. The number of allylic oxidation sites excluding steroid dienone is 5. The molecule has 1 aliphatic rings. The van der Waals surface area contributed by atoms with Crippen LogP contribution in [0.2, 0.25) is 0 Å². The van der Waals surface area contributed by atoms with Crippen molar-refractivity contribution in [3.05, 3.63) is 55.9 Å². The van der Waals surface area contributed by atoms with Crippen molar-refractivity contribution in [1.29, 1.82) is 0 Å². The Morgan fingerprint density at radius 3 is 1.83 bits per heavy atom. The van der Waals surface area contributed by atoms with Crippen LogP contribution < -0.4 is 0 Å². The molecule has 0 aromatic carbocycles. The topological polar surface area (TPSA) is 86.3 Å². The molecule has 0 N–H and O–H groups in total. The predicted molar refractivity (Wildman–Crippen MR) is 39.3 cm³/mol. The van der Waals surface area contributed by atoms with Crippen LogP contribution in [-0.2, 0) is 0 Å². The average molecular weight is 168 g/mol. The molecule has 0 radical (unpaired) electrons. The van der Waals surface area contributed by atoms with E-state index in [1.165, 1.54) is 24.3 Å². The third-order valence-corrected chi connectivity index (χ3v) is 1.27. The molecule has 0 saturated heterocycles. The summed E-state index contributed by atoms with van der Waals surface area (Å²) in [7, 11) is 0. The molecule has 0 bridgehead atoms. The average Bonchev–Trinajstić information content (AvgIpc) is 2.37. The van der Waals surface area contributed by atoms with Gasteiger partial charge < -0.3 is 0 Å². The van der Waals surface area contributed by atoms with Crippen LogP contribution in [-0.4, -0.2) is 9.85 Å². The zero-order valence-electron chi connectivity index (χ0n) is 5.84. The maximum Gasteiger partial charge on any atom is 0.565 e. The number of hydrogen-bond acceptors (Lipinski definition) is 4. The lowest BCUT2D eigenvalue weighted by Gasteiger charge is -1.88. The van der Waals surface area contributed by atoms with Crippen molar-refractivity contribution in [2.45, 2.75) is 0 Å². The molecule has 12 heavy (non-hydrogen) atoms. The zero-order chi connectivity index (χ0) is 9.14. The number of nitrogens with zero attached hydrogens (tertiary/aromatic N) is 2. The molecule has 0 aliphatic heterocycles. The van der Waals surface area contributed by atoms with Crippen LogP contribution in [0, 0.1) is 20.2 Å². The first-order valence-corrected chi connectivity index (χ1v) is 3.00. The first kappa shape index (κ1) is 8.12. The smallest absolute Gasteiger partial charge is 0.253 e. The first-order chi connectivity index (χ1) is 5.63. The van der Waals surface area contributed by atoms with Crippen LogP contribution in [0.25, 0.3) is 0 Å². The predicted octanol–water partition coefficient (Wildman–Crippen LogP) is 0.877. The fourth-order valence-electron chi connectivity index (χ4n) is 0.801. The van der Waals surface area contributed by atoms with Crippen molar-refractivity contribution in [1.82, 2.24) is 0 Å². The summed E-state index contributed by atoms with van der Waals surface area (Å²) in [5.41, 5.74) is 0.0185. The van der Waals surface area contributed by atoms with Crippen LogP contribution in [0.1, 0.15) is 0 Å². The van der Waals surface area contributed by atoms with E-state index in [1.54, 1.807) is 0 Å². The van der Waals surface area contributed by atoms with Gasteiger partial charge in [-0.05, 0) is 12.2 Å². The lowest BCUT2D eigenvalue weighted by atomic mass is 10.3. The Labute approximate surface area is 66.8 Å². The highest BCUT2D eigenvalue weighted by molar-refractivity contribution is 5.40. The molecule has 0 saturated carbocycles. The molecular weight excluding hydrogens is 164 g/mol. The van der Waals surface area contributed by atoms with Gasteiger partial charge in [0.25, 0.3) is 0 Å². The zero-order valence-corrected chi connectivity index (χ0v) is 5.84. The molecule has 6 nitrogen and oxygen atoms in total. The molecule has 0 heterocycles. The fourth-order valence-corrected chi connectivity index (χ4v) is 0.801. The monoisotopic (exact) mass is 168 g/mol. The van der Waals surface area contributed by atoms with Gasteiger partial charge in [-0.1, -0.05) is 12.2 Å². The van der Waals surface area contributed by atoms with Crippen molar-refractivity contribution in [3.63, 3.8) is 0 Å². The fraction of sp³-hybridized carbons (Fsp3) is 0. The minimum Gasteiger partial charge on any atom is -0.253 e. The largest absolute Gasteiger partial charge is 0.565 e. The summed E-state index contributed by atoms with van der Waals surface area (Å²) in [5, 5.41) is 20.3. The molecule has 0 spiro atoms. The molecule has 6 heteroatoms. The van der Waals surface area contributed by atoms with Gasteiger partial charge in [0.05, 0.1) is 0 Å². The van der Waals surface area contributed by atoms with Crippen molar-refractivity contribution >= 4 is 0 Å². The summed E-state index contributed by atoms with van der Waals surface area (Å²) < 4.78 is 0. The van der Waals surface area contributed by atoms with E-state index in [2.05, 4.69) is 0 Å². The molecule has 0 amide bonds. The Balaban J connectivity index is 3.16. The lowest BCUT2D eigenvalue weighted by Crippen LogP contribution is -2.10.